The first kappa shape index (κ1) is 19.8. The fourth-order valence-electron chi connectivity index (χ4n) is 3.74. The second-order valence-electron chi connectivity index (χ2n) is 6.97. The van der Waals surface area contributed by atoms with E-state index in [1.807, 2.05) is 36.9 Å². The van der Waals surface area contributed by atoms with Gasteiger partial charge in [-0.1, -0.05) is 25.1 Å². The van der Waals surface area contributed by atoms with E-state index in [9.17, 15) is 13.2 Å². The van der Waals surface area contributed by atoms with Crippen LogP contribution < -0.4 is 4.31 Å². The molecule has 1 unspecified atom stereocenters. The number of nitrogens with zero attached hydrogens (tertiary/aromatic N) is 2. The zero-order valence-corrected chi connectivity index (χ0v) is 16.6. The Morgan fingerprint density at radius 1 is 1.24 bits per heavy atom. The SMILES string of the molecule is CCC1CCCCN1C(=O)CCN(c1c(C)cccc1C)S(C)(=O)=O. The third-order valence-electron chi connectivity index (χ3n) is 5.04. The zero-order chi connectivity index (χ0) is 18.6. The number of carbonyl (C=O) groups excluding carboxylic acids is 1. The lowest BCUT2D eigenvalue weighted by Crippen LogP contribution is -2.45. The molecule has 0 saturated carbocycles. The molecule has 0 spiro atoms. The second kappa shape index (κ2) is 8.21. The molecule has 0 bridgehead atoms. The van der Waals surface area contributed by atoms with Gasteiger partial charge in [-0.3, -0.25) is 9.10 Å². The standard InChI is InChI=1S/C19H30N2O3S/c1-5-17-11-6-7-13-20(17)18(22)12-14-21(25(4,23)24)19-15(2)9-8-10-16(19)3/h8-10,17H,5-7,11-14H2,1-4H3. The predicted octanol–water partition coefficient (Wildman–Crippen LogP) is 3.25. The Balaban J connectivity index is 2.18. The fourth-order valence-corrected chi connectivity index (χ4v) is 4.78. The molecule has 2 rings (SSSR count). The lowest BCUT2D eigenvalue weighted by molar-refractivity contribution is -0.134. The van der Waals surface area contributed by atoms with Gasteiger partial charge in [0.05, 0.1) is 11.9 Å². The Bertz CT molecular complexity index is 695. The van der Waals surface area contributed by atoms with Crippen molar-refractivity contribution in [3.63, 3.8) is 0 Å². The largest absolute Gasteiger partial charge is 0.340 e. The van der Waals surface area contributed by atoms with E-state index >= 15 is 0 Å². The van der Waals surface area contributed by atoms with Gasteiger partial charge in [0.2, 0.25) is 15.9 Å². The molecule has 1 aliphatic heterocycles. The van der Waals surface area contributed by atoms with E-state index < -0.39 is 10.0 Å². The van der Waals surface area contributed by atoms with Gasteiger partial charge in [0, 0.05) is 25.6 Å². The number of sulfonamides is 1. The number of benzene rings is 1. The molecule has 0 N–H and O–H groups in total. The molecule has 1 saturated heterocycles. The maximum Gasteiger partial charge on any atom is 0.232 e. The number of likely N-dealkylation sites (tertiary alicyclic amines) is 1. The monoisotopic (exact) mass is 366 g/mol. The van der Waals surface area contributed by atoms with Crippen LogP contribution in [0.5, 0.6) is 0 Å². The number of amides is 1. The molecule has 1 aromatic carbocycles. The summed E-state index contributed by atoms with van der Waals surface area (Å²) in [6.07, 6.45) is 5.64. The molecule has 1 heterocycles. The molecule has 0 aliphatic carbocycles. The van der Waals surface area contributed by atoms with Gasteiger partial charge in [-0.2, -0.15) is 0 Å². The Kier molecular flexibility index (Phi) is 6.49. The third-order valence-corrected chi connectivity index (χ3v) is 6.20. The van der Waals surface area contributed by atoms with Crippen molar-refractivity contribution in [1.29, 1.82) is 0 Å². The van der Waals surface area contributed by atoms with Crippen LogP contribution in [-0.4, -0.2) is 44.6 Å². The Morgan fingerprint density at radius 2 is 1.88 bits per heavy atom. The third kappa shape index (κ3) is 4.75. The van der Waals surface area contributed by atoms with Crippen LogP contribution in [0.1, 0.15) is 50.2 Å². The minimum Gasteiger partial charge on any atom is -0.340 e. The van der Waals surface area contributed by atoms with Crippen LogP contribution in [-0.2, 0) is 14.8 Å². The highest BCUT2D eigenvalue weighted by molar-refractivity contribution is 7.92. The molecule has 1 aliphatic rings. The summed E-state index contributed by atoms with van der Waals surface area (Å²) < 4.78 is 26.1. The Morgan fingerprint density at radius 3 is 2.44 bits per heavy atom. The molecule has 6 heteroatoms. The van der Waals surface area contributed by atoms with Crippen LogP contribution >= 0.6 is 0 Å². The highest BCUT2D eigenvalue weighted by Crippen LogP contribution is 2.27. The molecule has 1 aromatic rings. The molecule has 1 fully saturated rings. The molecular weight excluding hydrogens is 336 g/mol. The minimum atomic E-state index is -3.45. The average molecular weight is 367 g/mol. The van der Waals surface area contributed by atoms with Crippen molar-refractivity contribution in [2.45, 2.75) is 58.9 Å². The predicted molar refractivity (Wildman–Crippen MR) is 102 cm³/mol. The number of aryl methyl sites for hydroxylation is 2. The van der Waals surface area contributed by atoms with Gasteiger partial charge in [-0.05, 0) is 50.7 Å². The van der Waals surface area contributed by atoms with Crippen LogP contribution in [0.4, 0.5) is 5.69 Å². The first-order valence-corrected chi connectivity index (χ1v) is 10.9. The maximum absolute atomic E-state index is 12.7. The molecule has 1 amide bonds. The summed E-state index contributed by atoms with van der Waals surface area (Å²) in [5.74, 6) is 0.0615. The number of hydrogen-bond acceptors (Lipinski definition) is 3. The average Bonchev–Trinajstić information content (AvgIpc) is 2.56. The number of para-hydroxylation sites is 1. The van der Waals surface area contributed by atoms with E-state index in [-0.39, 0.29) is 18.9 Å². The van der Waals surface area contributed by atoms with Crippen molar-refractivity contribution < 1.29 is 13.2 Å². The summed E-state index contributed by atoms with van der Waals surface area (Å²) >= 11 is 0. The highest BCUT2D eigenvalue weighted by Gasteiger charge is 2.27. The van der Waals surface area contributed by atoms with E-state index in [1.165, 1.54) is 17.0 Å². The van der Waals surface area contributed by atoms with Crippen molar-refractivity contribution in [3.05, 3.63) is 29.3 Å². The van der Waals surface area contributed by atoms with Gasteiger partial charge >= 0.3 is 0 Å². The summed E-state index contributed by atoms with van der Waals surface area (Å²) in [7, 11) is -3.45. The number of carbonyl (C=O) groups is 1. The minimum absolute atomic E-state index is 0.0615. The van der Waals surface area contributed by atoms with Crippen molar-refractivity contribution in [2.24, 2.45) is 0 Å². The summed E-state index contributed by atoms with van der Waals surface area (Å²) in [5, 5.41) is 0. The molecule has 140 valence electrons. The number of hydrogen-bond donors (Lipinski definition) is 0. The number of piperidine rings is 1. The lowest BCUT2D eigenvalue weighted by atomic mass is 9.99. The summed E-state index contributed by atoms with van der Waals surface area (Å²) in [4.78, 5) is 14.7. The van der Waals surface area contributed by atoms with E-state index in [0.717, 1.165) is 36.9 Å². The molecule has 1 atom stereocenters. The molecule has 25 heavy (non-hydrogen) atoms. The van der Waals surface area contributed by atoms with Crippen LogP contribution in [0.15, 0.2) is 18.2 Å². The first-order chi connectivity index (χ1) is 11.8. The van der Waals surface area contributed by atoms with Gasteiger partial charge in [-0.15, -0.1) is 0 Å². The van der Waals surface area contributed by atoms with Gasteiger partial charge in [-0.25, -0.2) is 8.42 Å². The number of rotatable bonds is 6. The van der Waals surface area contributed by atoms with Gasteiger partial charge < -0.3 is 4.90 Å². The van der Waals surface area contributed by atoms with Crippen LogP contribution in [0.2, 0.25) is 0 Å². The van der Waals surface area contributed by atoms with Crippen molar-refractivity contribution in [3.8, 4) is 0 Å². The molecule has 0 aromatic heterocycles. The summed E-state index contributed by atoms with van der Waals surface area (Å²) in [6.45, 7) is 6.89. The zero-order valence-electron chi connectivity index (χ0n) is 15.8. The van der Waals surface area contributed by atoms with Crippen LogP contribution in [0.3, 0.4) is 0 Å². The summed E-state index contributed by atoms with van der Waals surface area (Å²) in [5.41, 5.74) is 2.51. The van der Waals surface area contributed by atoms with Gasteiger partial charge in [0.25, 0.3) is 0 Å². The second-order valence-corrected chi connectivity index (χ2v) is 8.88. The van der Waals surface area contributed by atoms with E-state index in [1.54, 1.807) is 0 Å². The Labute approximate surface area is 152 Å². The van der Waals surface area contributed by atoms with Crippen molar-refractivity contribution in [2.75, 3.05) is 23.7 Å². The Hall–Kier alpha value is -1.56. The van der Waals surface area contributed by atoms with E-state index in [0.29, 0.717) is 11.7 Å². The van der Waals surface area contributed by atoms with Gasteiger partial charge in [0.15, 0.2) is 0 Å². The molecule has 5 nitrogen and oxygen atoms in total. The molecular formula is C19H30N2O3S. The van der Waals surface area contributed by atoms with E-state index in [2.05, 4.69) is 6.92 Å². The highest BCUT2D eigenvalue weighted by atomic mass is 32.2. The summed E-state index contributed by atoms with van der Waals surface area (Å²) in [6, 6.07) is 6.02. The quantitative estimate of drug-likeness (QED) is 0.776. The van der Waals surface area contributed by atoms with Crippen LogP contribution in [0.25, 0.3) is 0 Å². The molecule has 0 radical (unpaired) electrons. The fraction of sp³-hybridized carbons (Fsp3) is 0.632. The number of anilines is 1. The van der Waals surface area contributed by atoms with Crippen LogP contribution in [0, 0.1) is 13.8 Å². The van der Waals surface area contributed by atoms with Crippen molar-refractivity contribution in [1.82, 2.24) is 4.90 Å². The topological polar surface area (TPSA) is 57.7 Å². The normalized spacial score (nSPS) is 18.2. The smallest absolute Gasteiger partial charge is 0.232 e. The maximum atomic E-state index is 12.7. The lowest BCUT2D eigenvalue weighted by Gasteiger charge is -2.36. The van der Waals surface area contributed by atoms with Gasteiger partial charge in [0.1, 0.15) is 0 Å². The van der Waals surface area contributed by atoms with Crippen molar-refractivity contribution >= 4 is 21.6 Å². The van der Waals surface area contributed by atoms with E-state index in [4.69, 9.17) is 0 Å². The first-order valence-electron chi connectivity index (χ1n) is 9.09.